The Kier molecular flexibility index (Phi) is 4.33. The average Bonchev–Trinajstić information content (AvgIpc) is 2.93. The molecule has 0 bridgehead atoms. The lowest BCUT2D eigenvalue weighted by Gasteiger charge is -2.20. The van der Waals surface area contributed by atoms with Gasteiger partial charge in [-0.1, -0.05) is 47.7 Å². The van der Waals surface area contributed by atoms with Crippen LogP contribution in [0, 0.1) is 0 Å². The van der Waals surface area contributed by atoms with Crippen LogP contribution < -0.4 is 0 Å². The lowest BCUT2D eigenvalue weighted by molar-refractivity contribution is -0.123. The highest BCUT2D eigenvalue weighted by molar-refractivity contribution is 8.26. The maximum Gasteiger partial charge on any atom is 0.266 e. The van der Waals surface area contributed by atoms with Gasteiger partial charge in [0.2, 0.25) is 0 Å². The SMILES string of the molecule is O=C1/C(=C\c2ccc(Cl)cc2)SC(=S)N1C1CCS(=O)(=O)C1. The second-order valence-electron chi connectivity index (χ2n) is 5.16. The molecular formula is C14H12ClNO3S3. The Labute approximate surface area is 143 Å². The molecule has 0 spiro atoms. The number of benzene rings is 1. The van der Waals surface area contributed by atoms with Crippen LogP contribution in [0.5, 0.6) is 0 Å². The van der Waals surface area contributed by atoms with Crippen molar-refractivity contribution in [1.29, 1.82) is 0 Å². The Bertz CT molecular complexity index is 771. The van der Waals surface area contributed by atoms with Crippen LogP contribution in [0.2, 0.25) is 5.02 Å². The highest BCUT2D eigenvalue weighted by Gasteiger charge is 2.41. The lowest BCUT2D eigenvalue weighted by Crippen LogP contribution is -2.39. The molecule has 8 heteroatoms. The number of hydrogen-bond donors (Lipinski definition) is 0. The van der Waals surface area contributed by atoms with Gasteiger partial charge >= 0.3 is 0 Å². The van der Waals surface area contributed by atoms with Crippen LogP contribution in [0.3, 0.4) is 0 Å². The van der Waals surface area contributed by atoms with E-state index in [0.29, 0.717) is 20.7 Å². The van der Waals surface area contributed by atoms with E-state index in [1.165, 1.54) is 16.7 Å². The molecular weight excluding hydrogens is 362 g/mol. The molecule has 1 aromatic rings. The first kappa shape index (κ1) is 16.0. The molecule has 2 saturated heterocycles. The van der Waals surface area contributed by atoms with Gasteiger partial charge in [-0.15, -0.1) is 0 Å². The summed E-state index contributed by atoms with van der Waals surface area (Å²) in [6, 6.07) is 6.78. The molecule has 2 heterocycles. The van der Waals surface area contributed by atoms with Crippen molar-refractivity contribution >= 4 is 61.7 Å². The van der Waals surface area contributed by atoms with Gasteiger partial charge in [-0.3, -0.25) is 9.69 Å². The average molecular weight is 374 g/mol. The maximum atomic E-state index is 12.5. The molecule has 3 rings (SSSR count). The van der Waals surface area contributed by atoms with Gasteiger partial charge < -0.3 is 0 Å². The zero-order chi connectivity index (χ0) is 15.9. The quantitative estimate of drug-likeness (QED) is 0.589. The first-order valence-corrected chi connectivity index (χ1v) is 10.0. The second-order valence-corrected chi connectivity index (χ2v) is 9.50. The van der Waals surface area contributed by atoms with Crippen LogP contribution >= 0.6 is 35.6 Å². The van der Waals surface area contributed by atoms with Gasteiger partial charge in [0.25, 0.3) is 5.91 Å². The molecule has 1 amide bonds. The zero-order valence-electron chi connectivity index (χ0n) is 11.4. The highest BCUT2D eigenvalue weighted by Crippen LogP contribution is 2.36. The molecule has 2 aliphatic heterocycles. The predicted molar refractivity (Wildman–Crippen MR) is 93.5 cm³/mol. The predicted octanol–water partition coefficient (Wildman–Crippen LogP) is 2.73. The van der Waals surface area contributed by atoms with Crippen molar-refractivity contribution in [3.63, 3.8) is 0 Å². The fourth-order valence-corrected chi connectivity index (χ4v) is 5.71. The van der Waals surface area contributed by atoms with E-state index in [2.05, 4.69) is 0 Å². The lowest BCUT2D eigenvalue weighted by atomic mass is 10.2. The van der Waals surface area contributed by atoms with E-state index >= 15 is 0 Å². The number of carbonyl (C=O) groups excluding carboxylic acids is 1. The van der Waals surface area contributed by atoms with Gasteiger partial charge in [0.1, 0.15) is 4.32 Å². The van der Waals surface area contributed by atoms with E-state index < -0.39 is 9.84 Å². The molecule has 1 aromatic carbocycles. The number of thioether (sulfide) groups is 1. The summed E-state index contributed by atoms with van der Waals surface area (Å²) in [4.78, 5) is 14.5. The fourth-order valence-electron chi connectivity index (χ4n) is 2.48. The molecule has 0 saturated carbocycles. The minimum absolute atomic E-state index is 0.00628. The van der Waals surface area contributed by atoms with Gasteiger partial charge in [-0.2, -0.15) is 0 Å². The summed E-state index contributed by atoms with van der Waals surface area (Å²) >= 11 is 12.3. The number of thiocarbonyl (C=S) groups is 1. The van der Waals surface area contributed by atoms with Crippen molar-refractivity contribution in [2.45, 2.75) is 12.5 Å². The van der Waals surface area contributed by atoms with E-state index in [4.69, 9.17) is 23.8 Å². The molecule has 116 valence electrons. The van der Waals surface area contributed by atoms with Gasteiger partial charge in [0, 0.05) is 5.02 Å². The normalized spacial score (nSPS) is 26.1. The summed E-state index contributed by atoms with van der Waals surface area (Å²) in [5.41, 5.74) is 0.851. The Morgan fingerprint density at radius 1 is 1.32 bits per heavy atom. The molecule has 0 radical (unpaired) electrons. The number of amides is 1. The van der Waals surface area contributed by atoms with Crippen LogP contribution in [-0.2, 0) is 14.6 Å². The summed E-state index contributed by atoms with van der Waals surface area (Å²) in [5, 5.41) is 0.626. The summed E-state index contributed by atoms with van der Waals surface area (Å²) in [7, 11) is -3.06. The third-order valence-corrected chi connectivity index (χ3v) is 6.90. The van der Waals surface area contributed by atoms with Gasteiger partial charge in [0.15, 0.2) is 9.84 Å². The number of hydrogen-bond acceptors (Lipinski definition) is 5. The van der Waals surface area contributed by atoms with Crippen molar-refractivity contribution in [3.8, 4) is 0 Å². The minimum atomic E-state index is -3.06. The van der Waals surface area contributed by atoms with E-state index in [9.17, 15) is 13.2 Å². The first-order chi connectivity index (χ1) is 10.4. The number of rotatable bonds is 2. The molecule has 0 N–H and O–H groups in total. The minimum Gasteiger partial charge on any atom is -0.289 e. The second kappa shape index (κ2) is 5.96. The van der Waals surface area contributed by atoms with Crippen LogP contribution in [-0.4, -0.2) is 41.1 Å². The third-order valence-electron chi connectivity index (χ3n) is 3.56. The van der Waals surface area contributed by atoms with Crippen LogP contribution in [0.15, 0.2) is 29.2 Å². The molecule has 1 atom stereocenters. The van der Waals surface area contributed by atoms with Gasteiger partial charge in [-0.25, -0.2) is 8.42 Å². The number of carbonyl (C=O) groups is 1. The molecule has 22 heavy (non-hydrogen) atoms. The van der Waals surface area contributed by atoms with Crippen LogP contribution in [0.25, 0.3) is 6.08 Å². The molecule has 2 aliphatic rings. The van der Waals surface area contributed by atoms with E-state index in [1.54, 1.807) is 18.2 Å². The Morgan fingerprint density at radius 3 is 2.59 bits per heavy atom. The number of nitrogens with zero attached hydrogens (tertiary/aromatic N) is 1. The smallest absolute Gasteiger partial charge is 0.266 e. The van der Waals surface area contributed by atoms with Gasteiger partial charge in [-0.05, 0) is 30.2 Å². The molecule has 4 nitrogen and oxygen atoms in total. The highest BCUT2D eigenvalue weighted by atomic mass is 35.5. The largest absolute Gasteiger partial charge is 0.289 e. The van der Waals surface area contributed by atoms with Crippen molar-refractivity contribution < 1.29 is 13.2 Å². The molecule has 1 unspecified atom stereocenters. The standard InChI is InChI=1S/C14H12ClNO3S3/c15-10-3-1-9(2-4-10)7-12-13(17)16(14(20)21-12)11-5-6-22(18,19)8-11/h1-4,7,11H,5-6,8H2/b12-7+. The van der Waals surface area contributed by atoms with Crippen molar-refractivity contribution in [3.05, 3.63) is 39.8 Å². The van der Waals surface area contributed by atoms with E-state index in [1.807, 2.05) is 12.1 Å². The topological polar surface area (TPSA) is 54.5 Å². The fraction of sp³-hybridized carbons (Fsp3) is 0.286. The molecule has 0 aromatic heterocycles. The van der Waals surface area contributed by atoms with Crippen molar-refractivity contribution in [2.24, 2.45) is 0 Å². The first-order valence-electron chi connectivity index (χ1n) is 6.59. The summed E-state index contributed by atoms with van der Waals surface area (Å²) in [6.45, 7) is 0. The monoisotopic (exact) mass is 373 g/mol. The number of halogens is 1. The Hall–Kier alpha value is -0.890. The van der Waals surface area contributed by atoms with Crippen molar-refractivity contribution in [1.82, 2.24) is 4.90 Å². The van der Waals surface area contributed by atoms with Crippen LogP contribution in [0.1, 0.15) is 12.0 Å². The van der Waals surface area contributed by atoms with Crippen molar-refractivity contribution in [2.75, 3.05) is 11.5 Å². The maximum absolute atomic E-state index is 12.5. The number of sulfone groups is 1. The van der Waals surface area contributed by atoms with Gasteiger partial charge in [0.05, 0.1) is 22.5 Å². The third kappa shape index (κ3) is 3.22. The summed E-state index contributed by atoms with van der Waals surface area (Å²) < 4.78 is 23.6. The summed E-state index contributed by atoms with van der Waals surface area (Å²) in [5.74, 6) is -0.106. The van der Waals surface area contributed by atoms with E-state index in [0.717, 1.165) is 5.56 Å². The van der Waals surface area contributed by atoms with Crippen LogP contribution in [0.4, 0.5) is 0 Å². The Morgan fingerprint density at radius 2 is 2.00 bits per heavy atom. The Balaban J connectivity index is 1.84. The molecule has 0 aliphatic carbocycles. The molecule has 2 fully saturated rings. The summed E-state index contributed by atoms with van der Waals surface area (Å²) in [6.07, 6.45) is 2.20. The zero-order valence-corrected chi connectivity index (χ0v) is 14.6. The van der Waals surface area contributed by atoms with E-state index in [-0.39, 0.29) is 23.5 Å².